The second-order valence-electron chi connectivity index (χ2n) is 5.17. The van der Waals surface area contributed by atoms with Crippen LogP contribution >= 0.6 is 0 Å². The molecule has 1 aliphatic heterocycles. The summed E-state index contributed by atoms with van der Waals surface area (Å²) in [5.74, 6) is 1.15. The summed E-state index contributed by atoms with van der Waals surface area (Å²) < 4.78 is 0. The molecule has 21 heavy (non-hydrogen) atoms. The van der Waals surface area contributed by atoms with Crippen LogP contribution in [0.15, 0.2) is 24.4 Å². The number of nitrogens with zero attached hydrogens (tertiary/aromatic N) is 5. The van der Waals surface area contributed by atoms with Crippen LogP contribution in [-0.2, 0) is 0 Å². The lowest BCUT2D eigenvalue weighted by atomic mass is 10.1. The van der Waals surface area contributed by atoms with Crippen LogP contribution in [0, 0.1) is 18.3 Å². The molecule has 0 radical (unpaired) electrons. The van der Waals surface area contributed by atoms with Gasteiger partial charge in [0.25, 0.3) is 0 Å². The summed E-state index contributed by atoms with van der Waals surface area (Å²) in [6.45, 7) is 2.79. The summed E-state index contributed by atoms with van der Waals surface area (Å²) >= 11 is 0. The molecule has 2 aromatic rings. The van der Waals surface area contributed by atoms with E-state index in [0.717, 1.165) is 36.5 Å². The van der Waals surface area contributed by atoms with Gasteiger partial charge in [-0.25, -0.2) is 4.98 Å². The third-order valence-electron chi connectivity index (χ3n) is 3.82. The minimum atomic E-state index is 0.0968. The average molecular weight is 280 g/mol. The van der Waals surface area contributed by atoms with Crippen molar-refractivity contribution in [3.05, 3.63) is 41.2 Å². The summed E-state index contributed by atoms with van der Waals surface area (Å²) in [4.78, 5) is 6.56. The van der Waals surface area contributed by atoms with Gasteiger partial charge >= 0.3 is 0 Å². The van der Waals surface area contributed by atoms with Gasteiger partial charge in [-0.1, -0.05) is 0 Å². The van der Waals surface area contributed by atoms with Crippen LogP contribution in [0.5, 0.6) is 0 Å². The van der Waals surface area contributed by atoms with E-state index in [1.807, 2.05) is 19.1 Å². The fraction of sp³-hybridized carbons (Fsp3) is 0.333. The molecule has 0 spiro atoms. The van der Waals surface area contributed by atoms with Crippen LogP contribution < -0.4 is 10.6 Å². The molecule has 0 amide bonds. The third kappa shape index (κ3) is 2.38. The molecule has 1 saturated heterocycles. The Morgan fingerprint density at radius 1 is 1.33 bits per heavy atom. The molecular formula is C15H16N6. The molecule has 6 heteroatoms. The van der Waals surface area contributed by atoms with E-state index < -0.39 is 0 Å². The van der Waals surface area contributed by atoms with Crippen molar-refractivity contribution in [2.75, 3.05) is 17.2 Å². The molecule has 1 aliphatic rings. The Morgan fingerprint density at radius 2 is 2.19 bits per heavy atom. The minimum Gasteiger partial charge on any atom is -0.382 e. The number of nitrogens with two attached hydrogens (primary N) is 1. The molecular weight excluding hydrogens is 264 g/mol. The van der Waals surface area contributed by atoms with Crippen LogP contribution in [0.25, 0.3) is 0 Å². The van der Waals surface area contributed by atoms with Crippen LogP contribution in [0.1, 0.15) is 35.7 Å². The van der Waals surface area contributed by atoms with Gasteiger partial charge in [-0.3, -0.25) is 0 Å². The van der Waals surface area contributed by atoms with Crippen LogP contribution in [0.4, 0.5) is 11.6 Å². The van der Waals surface area contributed by atoms with Gasteiger partial charge in [-0.05, 0) is 43.5 Å². The summed E-state index contributed by atoms with van der Waals surface area (Å²) in [5.41, 5.74) is 8.04. The van der Waals surface area contributed by atoms with Crippen molar-refractivity contribution in [2.45, 2.75) is 25.8 Å². The van der Waals surface area contributed by atoms with Crippen molar-refractivity contribution in [1.29, 1.82) is 5.26 Å². The normalized spacial score (nSPS) is 17.7. The molecule has 1 atom stereocenters. The minimum absolute atomic E-state index is 0.0968. The number of nitriles is 1. The van der Waals surface area contributed by atoms with Crippen molar-refractivity contribution in [3.8, 4) is 6.07 Å². The van der Waals surface area contributed by atoms with E-state index in [4.69, 9.17) is 5.73 Å². The Morgan fingerprint density at radius 3 is 2.90 bits per heavy atom. The maximum absolute atomic E-state index is 9.39. The lowest BCUT2D eigenvalue weighted by molar-refractivity contribution is 0.672. The predicted molar refractivity (Wildman–Crippen MR) is 79.5 cm³/mol. The van der Waals surface area contributed by atoms with E-state index in [0.29, 0.717) is 11.4 Å². The smallest absolute Gasteiger partial charge is 0.147 e. The molecule has 1 fully saturated rings. The highest BCUT2D eigenvalue weighted by molar-refractivity contribution is 5.58. The fourth-order valence-electron chi connectivity index (χ4n) is 2.76. The number of rotatable bonds is 2. The molecule has 0 aliphatic carbocycles. The Hall–Kier alpha value is -2.68. The Kier molecular flexibility index (Phi) is 3.40. The summed E-state index contributed by atoms with van der Waals surface area (Å²) in [6, 6.07) is 7.87. The van der Waals surface area contributed by atoms with E-state index in [1.165, 1.54) is 0 Å². The molecule has 106 valence electrons. The molecule has 0 saturated carbocycles. The standard InChI is InChI=1S/C15H16N6/c1-10-6-7-18-15(11(10)9-16)21-8-2-3-13(21)12-4-5-14(17)20-19-12/h4-7,13H,2-3,8H2,1H3,(H2,17,20). The van der Waals surface area contributed by atoms with E-state index in [9.17, 15) is 5.26 Å². The number of hydrogen-bond acceptors (Lipinski definition) is 6. The highest BCUT2D eigenvalue weighted by atomic mass is 15.3. The number of aromatic nitrogens is 3. The van der Waals surface area contributed by atoms with E-state index in [2.05, 4.69) is 26.2 Å². The second-order valence-corrected chi connectivity index (χ2v) is 5.17. The summed E-state index contributed by atoms with van der Waals surface area (Å²) in [5, 5.41) is 17.5. The zero-order valence-electron chi connectivity index (χ0n) is 11.8. The van der Waals surface area contributed by atoms with Crippen LogP contribution in [0.2, 0.25) is 0 Å². The highest BCUT2D eigenvalue weighted by Crippen LogP contribution is 2.36. The molecule has 0 aromatic carbocycles. The largest absolute Gasteiger partial charge is 0.382 e. The van der Waals surface area contributed by atoms with E-state index >= 15 is 0 Å². The SMILES string of the molecule is Cc1ccnc(N2CCCC2c2ccc(N)nn2)c1C#N. The number of anilines is 2. The molecule has 3 rings (SSSR count). The first kappa shape index (κ1) is 13.3. The van der Waals surface area contributed by atoms with Crippen molar-refractivity contribution in [3.63, 3.8) is 0 Å². The Bertz CT molecular complexity index is 688. The van der Waals surface area contributed by atoms with Crippen molar-refractivity contribution >= 4 is 11.6 Å². The molecule has 0 bridgehead atoms. The first-order chi connectivity index (χ1) is 10.2. The van der Waals surface area contributed by atoms with Gasteiger partial charge in [0.05, 0.1) is 17.3 Å². The fourth-order valence-corrected chi connectivity index (χ4v) is 2.76. The highest BCUT2D eigenvalue weighted by Gasteiger charge is 2.30. The number of hydrogen-bond donors (Lipinski definition) is 1. The van der Waals surface area contributed by atoms with Gasteiger partial charge in [0, 0.05) is 12.7 Å². The van der Waals surface area contributed by atoms with Crippen molar-refractivity contribution in [2.24, 2.45) is 0 Å². The van der Waals surface area contributed by atoms with Crippen molar-refractivity contribution < 1.29 is 0 Å². The summed E-state index contributed by atoms with van der Waals surface area (Å²) in [6.07, 6.45) is 3.76. The van der Waals surface area contributed by atoms with Gasteiger partial charge in [0.1, 0.15) is 17.7 Å². The molecule has 3 heterocycles. The Labute approximate surface area is 123 Å². The maximum atomic E-state index is 9.39. The van der Waals surface area contributed by atoms with Gasteiger partial charge in [-0.2, -0.15) is 10.4 Å². The van der Waals surface area contributed by atoms with Gasteiger partial charge in [0.15, 0.2) is 0 Å². The molecule has 2 aromatic heterocycles. The topological polar surface area (TPSA) is 91.7 Å². The second kappa shape index (κ2) is 5.37. The number of pyridine rings is 1. The first-order valence-electron chi connectivity index (χ1n) is 6.92. The van der Waals surface area contributed by atoms with Gasteiger partial charge in [0.2, 0.25) is 0 Å². The summed E-state index contributed by atoms with van der Waals surface area (Å²) in [7, 11) is 0. The quantitative estimate of drug-likeness (QED) is 0.904. The molecule has 1 unspecified atom stereocenters. The van der Waals surface area contributed by atoms with Gasteiger partial charge in [-0.15, -0.1) is 5.10 Å². The van der Waals surface area contributed by atoms with Crippen LogP contribution in [-0.4, -0.2) is 21.7 Å². The lowest BCUT2D eigenvalue weighted by Gasteiger charge is -2.26. The predicted octanol–water partition coefficient (Wildman–Crippen LogP) is 1.98. The third-order valence-corrected chi connectivity index (χ3v) is 3.82. The van der Waals surface area contributed by atoms with Crippen LogP contribution in [0.3, 0.4) is 0 Å². The Balaban J connectivity index is 2.00. The number of nitrogen functional groups attached to an aromatic ring is 1. The monoisotopic (exact) mass is 280 g/mol. The van der Waals surface area contributed by atoms with E-state index in [1.54, 1.807) is 12.3 Å². The van der Waals surface area contributed by atoms with Crippen molar-refractivity contribution in [1.82, 2.24) is 15.2 Å². The molecule has 6 nitrogen and oxygen atoms in total. The molecule has 2 N–H and O–H groups in total. The lowest BCUT2D eigenvalue weighted by Crippen LogP contribution is -2.25. The van der Waals surface area contributed by atoms with Gasteiger partial charge < -0.3 is 10.6 Å². The number of aryl methyl sites for hydroxylation is 1. The zero-order valence-corrected chi connectivity index (χ0v) is 11.8. The average Bonchev–Trinajstić information content (AvgIpc) is 2.97. The first-order valence-corrected chi connectivity index (χ1v) is 6.92. The maximum Gasteiger partial charge on any atom is 0.147 e. The zero-order chi connectivity index (χ0) is 14.8. The van der Waals surface area contributed by atoms with E-state index in [-0.39, 0.29) is 6.04 Å².